The van der Waals surface area contributed by atoms with Gasteiger partial charge < -0.3 is 14.9 Å². The maximum atomic E-state index is 14.1. The minimum absolute atomic E-state index is 0.0184. The maximum absolute atomic E-state index is 14.1. The number of aryl methyl sites for hydroxylation is 1. The number of carbonyl (C=O) groups excluding carboxylic acids is 2. The summed E-state index contributed by atoms with van der Waals surface area (Å²) < 4.78 is 34.5. The monoisotopic (exact) mass is 568 g/mol. The van der Waals surface area contributed by atoms with Crippen molar-refractivity contribution in [2.45, 2.75) is 58.3 Å². The fourth-order valence-electron chi connectivity index (χ4n) is 4.48. The molecule has 2 aromatic rings. The molecule has 0 heterocycles. The number of benzene rings is 2. The standard InChI is InChI=1S/C31H40N2O6S/c1-4-21-33(39-29-18-12-11-17-28(29)34)40(36,37)30(20-19-26-13-7-5-8-14-26)25(3)24(2)22-32-31(35)38-23-27-15-9-6-10-16-27/h5-16,18,24-25,30H,4,17,19-23H2,1-3H3,(H,32,35)/t24?,25?,30-/m0/s1. The van der Waals surface area contributed by atoms with Gasteiger partial charge >= 0.3 is 6.09 Å². The van der Waals surface area contributed by atoms with Crippen LogP contribution >= 0.6 is 0 Å². The number of sulfonamides is 1. The molecule has 0 saturated carbocycles. The molecule has 0 aliphatic heterocycles. The second kappa shape index (κ2) is 15.4. The number of hydroxylamine groups is 1. The summed E-state index contributed by atoms with van der Waals surface area (Å²) >= 11 is 0. The molecule has 216 valence electrons. The van der Waals surface area contributed by atoms with E-state index >= 15 is 0 Å². The minimum atomic E-state index is -4.00. The number of hydrogen-bond acceptors (Lipinski definition) is 6. The predicted molar refractivity (Wildman–Crippen MR) is 155 cm³/mol. The molecule has 0 bridgehead atoms. The van der Waals surface area contributed by atoms with E-state index < -0.39 is 21.4 Å². The molecule has 40 heavy (non-hydrogen) atoms. The van der Waals surface area contributed by atoms with Crippen LogP contribution in [0.1, 0.15) is 51.2 Å². The Morgan fingerprint density at radius 2 is 1.68 bits per heavy atom. The Balaban J connectivity index is 1.74. The highest BCUT2D eigenvalue weighted by molar-refractivity contribution is 7.89. The van der Waals surface area contributed by atoms with E-state index in [4.69, 9.17) is 9.57 Å². The van der Waals surface area contributed by atoms with Crippen LogP contribution in [-0.4, -0.2) is 43.1 Å². The van der Waals surface area contributed by atoms with Gasteiger partial charge in [-0.05, 0) is 52.8 Å². The molecular weight excluding hydrogens is 528 g/mol. The Morgan fingerprint density at radius 3 is 2.30 bits per heavy atom. The average molecular weight is 569 g/mol. The van der Waals surface area contributed by atoms with Gasteiger partial charge in [0.1, 0.15) is 6.61 Å². The molecule has 1 N–H and O–H groups in total. The summed E-state index contributed by atoms with van der Waals surface area (Å²) in [6.45, 7) is 6.17. The zero-order chi connectivity index (χ0) is 29.0. The van der Waals surface area contributed by atoms with E-state index in [0.717, 1.165) is 15.6 Å². The summed E-state index contributed by atoms with van der Waals surface area (Å²) in [6.07, 6.45) is 5.93. The maximum Gasteiger partial charge on any atom is 0.407 e. The van der Waals surface area contributed by atoms with Crippen LogP contribution in [0.25, 0.3) is 0 Å². The number of carbonyl (C=O) groups is 2. The van der Waals surface area contributed by atoms with Gasteiger partial charge in [0.15, 0.2) is 5.76 Å². The second-order valence-electron chi connectivity index (χ2n) is 10.1. The van der Waals surface area contributed by atoms with E-state index in [-0.39, 0.29) is 49.5 Å². The first kappa shape index (κ1) is 31.1. The number of Topliss-reactive ketones (excluding diaryl/α,β-unsaturated/α-hetero) is 1. The third kappa shape index (κ3) is 9.06. The number of ether oxygens (including phenoxy) is 1. The summed E-state index contributed by atoms with van der Waals surface area (Å²) in [4.78, 5) is 30.5. The molecule has 3 rings (SSSR count). The van der Waals surface area contributed by atoms with E-state index in [0.29, 0.717) is 19.3 Å². The highest BCUT2D eigenvalue weighted by Crippen LogP contribution is 2.29. The molecule has 0 fully saturated rings. The predicted octanol–water partition coefficient (Wildman–Crippen LogP) is 5.57. The van der Waals surface area contributed by atoms with Crippen LogP contribution in [0.4, 0.5) is 4.79 Å². The van der Waals surface area contributed by atoms with E-state index in [1.54, 1.807) is 12.2 Å². The quantitative estimate of drug-likeness (QED) is 0.282. The van der Waals surface area contributed by atoms with Gasteiger partial charge in [0.2, 0.25) is 15.8 Å². The number of hydrogen-bond donors (Lipinski definition) is 1. The van der Waals surface area contributed by atoms with Crippen molar-refractivity contribution in [3.8, 4) is 0 Å². The van der Waals surface area contributed by atoms with Gasteiger partial charge in [-0.3, -0.25) is 4.79 Å². The highest BCUT2D eigenvalue weighted by atomic mass is 32.2. The molecule has 2 aromatic carbocycles. The fraction of sp³-hybridized carbons (Fsp3) is 0.419. The number of allylic oxidation sites excluding steroid dienone is 4. The zero-order valence-corrected chi connectivity index (χ0v) is 24.3. The van der Waals surface area contributed by atoms with Crippen molar-refractivity contribution in [3.05, 3.63) is 95.8 Å². The van der Waals surface area contributed by atoms with Gasteiger partial charge in [0, 0.05) is 13.0 Å². The smallest absolute Gasteiger partial charge is 0.407 e. The summed E-state index contributed by atoms with van der Waals surface area (Å²) in [5.41, 5.74) is 1.91. The summed E-state index contributed by atoms with van der Waals surface area (Å²) in [6, 6.07) is 19.1. The van der Waals surface area contributed by atoms with Crippen molar-refractivity contribution in [1.82, 2.24) is 9.79 Å². The number of rotatable bonds is 15. The van der Waals surface area contributed by atoms with E-state index in [1.165, 1.54) is 6.08 Å². The van der Waals surface area contributed by atoms with Crippen LogP contribution in [0, 0.1) is 11.8 Å². The van der Waals surface area contributed by atoms with Crippen molar-refractivity contribution >= 4 is 21.9 Å². The number of amides is 1. The number of alkyl carbamates (subject to hydrolysis) is 1. The number of nitrogens with one attached hydrogen (secondary N) is 1. The Bertz CT molecular complexity index is 1260. The van der Waals surface area contributed by atoms with Gasteiger partial charge in [-0.25, -0.2) is 13.2 Å². The van der Waals surface area contributed by atoms with Crippen LogP contribution in [0.2, 0.25) is 0 Å². The molecule has 1 aliphatic carbocycles. The van der Waals surface area contributed by atoms with Crippen molar-refractivity contribution in [2.24, 2.45) is 11.8 Å². The Hall–Kier alpha value is -3.43. The molecule has 3 atom stereocenters. The Morgan fingerprint density at radius 1 is 1.02 bits per heavy atom. The average Bonchev–Trinajstić information content (AvgIpc) is 2.96. The van der Waals surface area contributed by atoms with Crippen LogP contribution in [0.15, 0.2) is 84.7 Å². The van der Waals surface area contributed by atoms with Crippen LogP contribution in [0.5, 0.6) is 0 Å². The first-order valence-corrected chi connectivity index (χ1v) is 15.3. The molecule has 0 saturated heterocycles. The van der Waals surface area contributed by atoms with Crippen molar-refractivity contribution in [1.29, 1.82) is 0 Å². The molecule has 1 amide bonds. The SMILES string of the molecule is CCCN(OC1=CC=CCC1=O)S(=O)(=O)[C@@H](CCc1ccccc1)C(C)C(C)CNC(=O)OCc1ccccc1. The van der Waals surface area contributed by atoms with Crippen LogP contribution < -0.4 is 5.32 Å². The molecule has 2 unspecified atom stereocenters. The van der Waals surface area contributed by atoms with Gasteiger partial charge in [-0.2, -0.15) is 0 Å². The van der Waals surface area contributed by atoms with Crippen molar-refractivity contribution in [3.63, 3.8) is 0 Å². The van der Waals surface area contributed by atoms with Crippen LogP contribution in [0.3, 0.4) is 0 Å². The number of nitrogens with zero attached hydrogens (tertiary/aromatic N) is 1. The number of ketones is 1. The van der Waals surface area contributed by atoms with Crippen molar-refractivity contribution < 1.29 is 27.6 Å². The summed E-state index contributed by atoms with van der Waals surface area (Å²) in [5, 5.41) is 1.96. The molecule has 9 heteroatoms. The van der Waals surface area contributed by atoms with E-state index in [1.807, 2.05) is 81.4 Å². The molecule has 1 aliphatic rings. The fourth-order valence-corrected chi connectivity index (χ4v) is 6.63. The lowest BCUT2D eigenvalue weighted by Gasteiger charge is -2.33. The molecule has 0 aromatic heterocycles. The van der Waals surface area contributed by atoms with Gasteiger partial charge in [0.25, 0.3) is 0 Å². The lowest BCUT2D eigenvalue weighted by Crippen LogP contribution is -2.45. The zero-order valence-electron chi connectivity index (χ0n) is 23.5. The molecule has 0 radical (unpaired) electrons. The van der Waals surface area contributed by atoms with Gasteiger partial charge in [-0.1, -0.05) is 93.6 Å². The minimum Gasteiger partial charge on any atom is -0.445 e. The first-order valence-electron chi connectivity index (χ1n) is 13.8. The van der Waals surface area contributed by atoms with E-state index in [2.05, 4.69) is 5.32 Å². The largest absolute Gasteiger partial charge is 0.445 e. The second-order valence-corrected chi connectivity index (χ2v) is 12.1. The lowest BCUT2D eigenvalue weighted by atomic mass is 9.89. The topological polar surface area (TPSA) is 102 Å². The van der Waals surface area contributed by atoms with Gasteiger partial charge in [-0.15, -0.1) is 0 Å². The Kier molecular flexibility index (Phi) is 12.0. The van der Waals surface area contributed by atoms with Crippen LogP contribution in [-0.2, 0) is 37.4 Å². The van der Waals surface area contributed by atoms with E-state index in [9.17, 15) is 18.0 Å². The van der Waals surface area contributed by atoms with Gasteiger partial charge in [0.05, 0.1) is 11.8 Å². The highest BCUT2D eigenvalue weighted by Gasteiger charge is 2.39. The summed E-state index contributed by atoms with van der Waals surface area (Å²) in [5.74, 6) is -0.784. The molecule has 8 nitrogen and oxygen atoms in total. The first-order chi connectivity index (χ1) is 19.2. The van der Waals surface area contributed by atoms with Crippen molar-refractivity contribution in [2.75, 3.05) is 13.1 Å². The third-order valence-corrected chi connectivity index (χ3v) is 9.31. The molecule has 0 spiro atoms. The third-order valence-electron chi connectivity index (χ3n) is 7.06. The summed E-state index contributed by atoms with van der Waals surface area (Å²) in [7, 11) is -4.00. The molecular formula is C31H40N2O6S. The Labute approximate surface area is 238 Å². The normalized spacial score (nSPS) is 15.7. The lowest BCUT2D eigenvalue weighted by molar-refractivity contribution is -0.125.